The van der Waals surface area contributed by atoms with Gasteiger partial charge in [0.25, 0.3) is 0 Å². The molecule has 1 atom stereocenters. The molecule has 0 spiro atoms. The summed E-state index contributed by atoms with van der Waals surface area (Å²) in [4.78, 5) is 4.38. The van der Waals surface area contributed by atoms with Crippen molar-refractivity contribution in [3.8, 4) is 11.3 Å². The van der Waals surface area contributed by atoms with Gasteiger partial charge in [-0.3, -0.25) is 4.98 Å². The molecular weight excluding hydrogens is 280 g/mol. The van der Waals surface area contributed by atoms with Crippen LogP contribution >= 0.6 is 0 Å². The maximum Gasteiger partial charge on any atom is 0.135 e. The van der Waals surface area contributed by atoms with Crippen molar-refractivity contribution in [2.24, 2.45) is 0 Å². The van der Waals surface area contributed by atoms with E-state index in [2.05, 4.69) is 4.98 Å². The summed E-state index contributed by atoms with van der Waals surface area (Å²) in [5.74, 6) is -1.04. The van der Waals surface area contributed by atoms with E-state index in [0.29, 0.717) is 16.8 Å². The first-order valence-corrected chi connectivity index (χ1v) is 7.24. The monoisotopic (exact) mass is 293 g/mol. The Labute approximate surface area is 126 Å². The molecule has 2 aromatic carbocycles. The standard InChI is InChI=1S/C19H13F2N/c20-14-10-16(12-5-3-6-12)18(17(21)11-14)19-15-7-2-1-4-13(15)8-9-22-19/h1-5,7-12H,6H2. The molecule has 1 heterocycles. The van der Waals surface area contributed by atoms with Crippen molar-refractivity contribution in [3.63, 3.8) is 0 Å². The van der Waals surface area contributed by atoms with Crippen LogP contribution in [0.2, 0.25) is 0 Å². The minimum Gasteiger partial charge on any atom is -0.255 e. The maximum atomic E-state index is 14.5. The fourth-order valence-electron chi connectivity index (χ4n) is 2.96. The quantitative estimate of drug-likeness (QED) is 0.590. The zero-order valence-electron chi connectivity index (χ0n) is 11.8. The minimum atomic E-state index is -0.556. The lowest BCUT2D eigenvalue weighted by atomic mass is 9.83. The van der Waals surface area contributed by atoms with Gasteiger partial charge in [0.15, 0.2) is 0 Å². The fourth-order valence-corrected chi connectivity index (χ4v) is 2.96. The molecule has 1 aliphatic carbocycles. The predicted molar refractivity (Wildman–Crippen MR) is 83.6 cm³/mol. The van der Waals surface area contributed by atoms with Crippen molar-refractivity contribution >= 4 is 10.8 Å². The predicted octanol–water partition coefficient (Wildman–Crippen LogP) is 5.22. The Hall–Kier alpha value is -2.55. The normalized spacial score (nSPS) is 16.7. The van der Waals surface area contributed by atoms with E-state index in [1.165, 1.54) is 6.07 Å². The van der Waals surface area contributed by atoms with Crippen molar-refractivity contribution in [2.45, 2.75) is 12.3 Å². The maximum absolute atomic E-state index is 14.5. The number of rotatable bonds is 2. The first-order chi connectivity index (χ1) is 10.7. The summed E-state index contributed by atoms with van der Waals surface area (Å²) < 4.78 is 28.2. The summed E-state index contributed by atoms with van der Waals surface area (Å²) in [5, 5.41) is 1.87. The Kier molecular flexibility index (Phi) is 3.00. The molecule has 1 aromatic heterocycles. The highest BCUT2D eigenvalue weighted by Crippen LogP contribution is 2.39. The molecule has 0 aliphatic heterocycles. The Morgan fingerprint density at radius 1 is 1.05 bits per heavy atom. The number of halogens is 2. The Morgan fingerprint density at radius 2 is 1.86 bits per heavy atom. The van der Waals surface area contributed by atoms with Crippen LogP contribution in [0.4, 0.5) is 8.78 Å². The number of allylic oxidation sites excluding steroid dienone is 2. The number of pyridine rings is 1. The summed E-state index contributed by atoms with van der Waals surface area (Å²) in [6.45, 7) is 0. The van der Waals surface area contributed by atoms with Gasteiger partial charge < -0.3 is 0 Å². The molecule has 0 N–H and O–H groups in total. The molecule has 1 nitrogen and oxygen atoms in total. The molecule has 1 aliphatic rings. The van der Waals surface area contributed by atoms with Crippen LogP contribution in [0.25, 0.3) is 22.0 Å². The summed E-state index contributed by atoms with van der Waals surface area (Å²) in [5.41, 5.74) is 1.65. The number of hydrogen-bond donors (Lipinski definition) is 0. The lowest BCUT2D eigenvalue weighted by Crippen LogP contribution is -2.06. The number of nitrogens with zero attached hydrogens (tertiary/aromatic N) is 1. The zero-order chi connectivity index (χ0) is 15.1. The van der Waals surface area contributed by atoms with Gasteiger partial charge in [0, 0.05) is 29.1 Å². The van der Waals surface area contributed by atoms with Crippen LogP contribution in [0.3, 0.4) is 0 Å². The average Bonchev–Trinajstić information content (AvgIpc) is 2.45. The van der Waals surface area contributed by atoms with Gasteiger partial charge in [-0.05, 0) is 29.5 Å². The van der Waals surface area contributed by atoms with Crippen LogP contribution < -0.4 is 0 Å². The molecule has 3 aromatic rings. The highest BCUT2D eigenvalue weighted by atomic mass is 19.1. The van der Waals surface area contributed by atoms with Crippen LogP contribution in [0.1, 0.15) is 17.9 Å². The van der Waals surface area contributed by atoms with Crippen molar-refractivity contribution < 1.29 is 8.78 Å². The molecule has 0 fully saturated rings. The van der Waals surface area contributed by atoms with Gasteiger partial charge in [-0.15, -0.1) is 0 Å². The molecule has 4 rings (SSSR count). The zero-order valence-corrected chi connectivity index (χ0v) is 11.8. The first kappa shape index (κ1) is 13.1. The number of hydrogen-bond acceptors (Lipinski definition) is 1. The molecule has 0 saturated heterocycles. The van der Waals surface area contributed by atoms with Gasteiger partial charge >= 0.3 is 0 Å². The van der Waals surface area contributed by atoms with Crippen LogP contribution in [0, 0.1) is 11.6 Å². The van der Waals surface area contributed by atoms with Crippen LogP contribution in [0.5, 0.6) is 0 Å². The van der Waals surface area contributed by atoms with Crippen LogP contribution in [-0.2, 0) is 0 Å². The molecule has 0 amide bonds. The third-order valence-corrected chi connectivity index (χ3v) is 4.15. The second-order valence-electron chi connectivity index (χ2n) is 5.50. The van der Waals surface area contributed by atoms with E-state index in [1.807, 2.05) is 42.5 Å². The van der Waals surface area contributed by atoms with E-state index in [0.717, 1.165) is 23.3 Å². The van der Waals surface area contributed by atoms with E-state index >= 15 is 0 Å². The minimum absolute atomic E-state index is 0.0565. The largest absolute Gasteiger partial charge is 0.255 e. The van der Waals surface area contributed by atoms with Crippen LogP contribution in [0.15, 0.2) is 60.8 Å². The van der Waals surface area contributed by atoms with Crippen molar-refractivity contribution in [1.29, 1.82) is 0 Å². The molecular formula is C19H13F2N. The first-order valence-electron chi connectivity index (χ1n) is 7.24. The summed E-state index contributed by atoms with van der Waals surface area (Å²) in [7, 11) is 0. The third kappa shape index (κ3) is 2.01. The lowest BCUT2D eigenvalue weighted by molar-refractivity contribution is 0.578. The van der Waals surface area contributed by atoms with Gasteiger partial charge in [0.05, 0.1) is 5.69 Å². The van der Waals surface area contributed by atoms with E-state index in [-0.39, 0.29) is 5.92 Å². The fraction of sp³-hybridized carbons (Fsp3) is 0.105. The molecule has 0 radical (unpaired) electrons. The summed E-state index contributed by atoms with van der Waals surface area (Å²) >= 11 is 0. The Morgan fingerprint density at radius 3 is 2.64 bits per heavy atom. The smallest absolute Gasteiger partial charge is 0.135 e. The summed E-state index contributed by atoms with van der Waals surface area (Å²) in [6.07, 6.45) is 6.46. The molecule has 0 saturated carbocycles. The number of aromatic nitrogens is 1. The SMILES string of the molecule is Fc1cc(F)c(-c2nccc3ccccc23)c(C2C=CC2)c1. The topological polar surface area (TPSA) is 12.9 Å². The highest BCUT2D eigenvalue weighted by molar-refractivity contribution is 5.95. The van der Waals surface area contributed by atoms with Gasteiger partial charge in [0.1, 0.15) is 11.6 Å². The van der Waals surface area contributed by atoms with E-state index in [1.54, 1.807) is 6.20 Å². The van der Waals surface area contributed by atoms with E-state index < -0.39 is 11.6 Å². The van der Waals surface area contributed by atoms with Crippen molar-refractivity contribution in [3.05, 3.63) is 78.0 Å². The highest BCUT2D eigenvalue weighted by Gasteiger charge is 2.23. The number of fused-ring (bicyclic) bond motifs is 1. The number of benzene rings is 2. The van der Waals surface area contributed by atoms with Gasteiger partial charge in [-0.25, -0.2) is 8.78 Å². The second-order valence-corrected chi connectivity index (χ2v) is 5.50. The van der Waals surface area contributed by atoms with Crippen molar-refractivity contribution in [2.75, 3.05) is 0 Å². The molecule has 0 bridgehead atoms. The second kappa shape index (κ2) is 5.02. The lowest BCUT2D eigenvalue weighted by Gasteiger charge is -2.22. The third-order valence-electron chi connectivity index (χ3n) is 4.15. The average molecular weight is 293 g/mol. The van der Waals surface area contributed by atoms with Gasteiger partial charge in [-0.2, -0.15) is 0 Å². The van der Waals surface area contributed by atoms with Crippen molar-refractivity contribution in [1.82, 2.24) is 4.98 Å². The Balaban J connectivity index is 2.04. The molecule has 108 valence electrons. The molecule has 3 heteroatoms. The molecule has 22 heavy (non-hydrogen) atoms. The van der Waals surface area contributed by atoms with E-state index in [9.17, 15) is 8.78 Å². The molecule has 1 unspecified atom stereocenters. The van der Waals surface area contributed by atoms with Gasteiger partial charge in [-0.1, -0.05) is 36.4 Å². The van der Waals surface area contributed by atoms with Gasteiger partial charge in [0.2, 0.25) is 0 Å². The Bertz CT molecular complexity index is 894. The van der Waals surface area contributed by atoms with E-state index in [4.69, 9.17) is 0 Å². The summed E-state index contributed by atoms with van der Waals surface area (Å²) in [6, 6.07) is 12.0. The van der Waals surface area contributed by atoms with Crippen LogP contribution in [-0.4, -0.2) is 4.98 Å².